The highest BCUT2D eigenvalue weighted by Crippen LogP contribution is 2.42. The molecule has 0 aliphatic carbocycles. The summed E-state index contributed by atoms with van der Waals surface area (Å²) in [4.78, 5) is 20.2. The third kappa shape index (κ3) is 5.72. The van der Waals surface area contributed by atoms with E-state index < -0.39 is 0 Å². The lowest BCUT2D eigenvalue weighted by molar-refractivity contribution is 0.673. The van der Waals surface area contributed by atoms with Gasteiger partial charge in [0.15, 0.2) is 17.5 Å². The maximum absolute atomic E-state index is 6.71. The topological polar surface area (TPSA) is 64.7 Å². The average molecular weight is 729 g/mol. The molecule has 11 aromatic rings. The van der Waals surface area contributed by atoms with Crippen LogP contribution in [0.5, 0.6) is 0 Å². The predicted octanol–water partition coefficient (Wildman–Crippen LogP) is 13.5. The quantitative estimate of drug-likeness (QED) is 0.160. The molecule has 0 amide bonds. The fourth-order valence-electron chi connectivity index (χ4n) is 7.96. The SMILES string of the molecule is c1ccc(-c2nc(-c3ccc(-c4ccc5oc6c(ccc7c(-c8ccccc8)nc8ccccc8c76)c5c4)cc3)nc(-c3ccccc3-c3ccccc3)n2)cc1. The minimum Gasteiger partial charge on any atom is -0.455 e. The molecule has 3 heterocycles. The summed E-state index contributed by atoms with van der Waals surface area (Å²) in [6.07, 6.45) is 0. The smallest absolute Gasteiger partial charge is 0.164 e. The van der Waals surface area contributed by atoms with Gasteiger partial charge in [0, 0.05) is 49.2 Å². The van der Waals surface area contributed by atoms with E-state index in [1.54, 1.807) is 0 Å². The molecule has 0 aliphatic heterocycles. The van der Waals surface area contributed by atoms with Crippen LogP contribution in [0.15, 0.2) is 199 Å². The first-order valence-corrected chi connectivity index (χ1v) is 19.1. The van der Waals surface area contributed by atoms with Gasteiger partial charge in [-0.25, -0.2) is 19.9 Å². The summed E-state index contributed by atoms with van der Waals surface area (Å²) < 4.78 is 6.71. The number of rotatable bonds is 6. The van der Waals surface area contributed by atoms with Crippen LogP contribution in [0, 0.1) is 0 Å². The van der Waals surface area contributed by atoms with Crippen LogP contribution in [0.1, 0.15) is 0 Å². The minimum atomic E-state index is 0.619. The summed E-state index contributed by atoms with van der Waals surface area (Å²) >= 11 is 0. The molecule has 0 N–H and O–H groups in total. The lowest BCUT2D eigenvalue weighted by Gasteiger charge is -2.12. The van der Waals surface area contributed by atoms with Gasteiger partial charge < -0.3 is 4.42 Å². The van der Waals surface area contributed by atoms with Gasteiger partial charge in [0.2, 0.25) is 0 Å². The van der Waals surface area contributed by atoms with Crippen LogP contribution in [0.4, 0.5) is 0 Å². The molecule has 5 heteroatoms. The zero-order valence-corrected chi connectivity index (χ0v) is 30.7. The Morgan fingerprint density at radius 2 is 0.860 bits per heavy atom. The van der Waals surface area contributed by atoms with Crippen LogP contribution < -0.4 is 0 Å². The first-order chi connectivity index (χ1) is 28.2. The highest BCUT2D eigenvalue weighted by Gasteiger charge is 2.19. The maximum atomic E-state index is 6.71. The van der Waals surface area contributed by atoms with E-state index in [1.165, 1.54) is 0 Å². The molecule has 0 radical (unpaired) electrons. The molecule has 8 aromatic carbocycles. The molecule has 0 bridgehead atoms. The molecule has 57 heavy (non-hydrogen) atoms. The standard InChI is InChI=1S/C52H32N4O/c1-4-14-34(15-5-1)39-20-10-11-21-41(39)52-55-50(36-18-8-3-9-19-36)54-51(56-52)37-26-24-33(25-27-37)38-28-31-46-44(32-38)40-29-30-43-47(49(40)57-46)42-22-12-13-23-45(42)53-48(43)35-16-6-2-7-17-35/h1-32H. The molecular weight excluding hydrogens is 697 g/mol. The van der Waals surface area contributed by atoms with Crippen LogP contribution in [0.3, 0.4) is 0 Å². The fraction of sp³-hybridized carbons (Fsp3) is 0. The predicted molar refractivity (Wildman–Crippen MR) is 233 cm³/mol. The van der Waals surface area contributed by atoms with Crippen molar-refractivity contribution >= 4 is 43.6 Å². The molecule has 0 atom stereocenters. The van der Waals surface area contributed by atoms with Gasteiger partial charge in [-0.05, 0) is 46.5 Å². The number of aromatic nitrogens is 4. The fourth-order valence-corrected chi connectivity index (χ4v) is 7.96. The van der Waals surface area contributed by atoms with Gasteiger partial charge in [0.25, 0.3) is 0 Å². The van der Waals surface area contributed by atoms with Crippen molar-refractivity contribution in [1.82, 2.24) is 19.9 Å². The van der Waals surface area contributed by atoms with Gasteiger partial charge in [0.1, 0.15) is 11.2 Å². The molecule has 0 aliphatic rings. The van der Waals surface area contributed by atoms with Crippen molar-refractivity contribution in [2.45, 2.75) is 0 Å². The van der Waals surface area contributed by atoms with Gasteiger partial charge in [0.05, 0.1) is 11.2 Å². The largest absolute Gasteiger partial charge is 0.455 e. The number of furan rings is 1. The minimum absolute atomic E-state index is 0.619. The number of nitrogens with zero attached hydrogens (tertiary/aromatic N) is 4. The summed E-state index contributed by atoms with van der Waals surface area (Å²) in [6, 6.07) is 66.8. The van der Waals surface area contributed by atoms with Crippen LogP contribution in [0.25, 0.3) is 111 Å². The summed E-state index contributed by atoms with van der Waals surface area (Å²) in [5.74, 6) is 1.88. The molecular formula is C52H32N4O. The van der Waals surface area contributed by atoms with Gasteiger partial charge in [-0.3, -0.25) is 0 Å². The Balaban J connectivity index is 1.01. The van der Waals surface area contributed by atoms with Crippen molar-refractivity contribution in [1.29, 1.82) is 0 Å². The van der Waals surface area contributed by atoms with E-state index in [0.717, 1.165) is 93.8 Å². The Bertz CT molecular complexity index is 3270. The summed E-state index contributed by atoms with van der Waals surface area (Å²) in [7, 11) is 0. The number of fused-ring (bicyclic) bond motifs is 7. The second kappa shape index (κ2) is 13.5. The van der Waals surface area contributed by atoms with Crippen LogP contribution >= 0.6 is 0 Å². The normalized spacial score (nSPS) is 11.5. The molecule has 0 saturated carbocycles. The first-order valence-electron chi connectivity index (χ1n) is 19.1. The number of benzene rings is 8. The number of pyridine rings is 1. The zero-order valence-electron chi connectivity index (χ0n) is 30.7. The molecule has 266 valence electrons. The summed E-state index contributed by atoms with van der Waals surface area (Å²) in [5.41, 5.74) is 11.9. The molecule has 0 saturated heterocycles. The third-order valence-electron chi connectivity index (χ3n) is 10.7. The highest BCUT2D eigenvalue weighted by molar-refractivity contribution is 6.24. The Morgan fingerprint density at radius 3 is 1.60 bits per heavy atom. The molecule has 5 nitrogen and oxygen atoms in total. The molecule has 0 spiro atoms. The van der Waals surface area contributed by atoms with E-state index in [4.69, 9.17) is 24.4 Å². The summed E-state index contributed by atoms with van der Waals surface area (Å²) in [5, 5.41) is 5.38. The van der Waals surface area contributed by atoms with E-state index >= 15 is 0 Å². The van der Waals surface area contributed by atoms with Crippen LogP contribution in [-0.2, 0) is 0 Å². The monoisotopic (exact) mass is 728 g/mol. The average Bonchev–Trinajstić information content (AvgIpc) is 3.68. The van der Waals surface area contributed by atoms with Gasteiger partial charge in [-0.1, -0.05) is 170 Å². The van der Waals surface area contributed by atoms with E-state index in [9.17, 15) is 0 Å². The molecule has 0 unspecified atom stereocenters. The van der Waals surface area contributed by atoms with Crippen LogP contribution in [0.2, 0.25) is 0 Å². The third-order valence-corrected chi connectivity index (χ3v) is 10.7. The van der Waals surface area contributed by atoms with Gasteiger partial charge in [-0.2, -0.15) is 0 Å². The van der Waals surface area contributed by atoms with Crippen molar-refractivity contribution in [3.05, 3.63) is 194 Å². The van der Waals surface area contributed by atoms with Crippen LogP contribution in [-0.4, -0.2) is 19.9 Å². The van der Waals surface area contributed by atoms with Crippen molar-refractivity contribution in [3.63, 3.8) is 0 Å². The first kappa shape index (κ1) is 32.7. The number of hydrogen-bond acceptors (Lipinski definition) is 5. The van der Waals surface area contributed by atoms with Gasteiger partial charge in [-0.15, -0.1) is 0 Å². The lowest BCUT2D eigenvalue weighted by atomic mass is 9.97. The van der Waals surface area contributed by atoms with Crippen molar-refractivity contribution in [2.24, 2.45) is 0 Å². The van der Waals surface area contributed by atoms with E-state index in [2.05, 4.69) is 140 Å². The Hall–Kier alpha value is -7.76. The zero-order chi connectivity index (χ0) is 37.7. The number of hydrogen-bond donors (Lipinski definition) is 0. The molecule has 11 rings (SSSR count). The Kier molecular flexibility index (Phi) is 7.74. The number of para-hydroxylation sites is 1. The lowest BCUT2D eigenvalue weighted by Crippen LogP contribution is -2.01. The van der Waals surface area contributed by atoms with Crippen molar-refractivity contribution in [2.75, 3.05) is 0 Å². The second-order valence-corrected chi connectivity index (χ2v) is 14.2. The maximum Gasteiger partial charge on any atom is 0.164 e. The summed E-state index contributed by atoms with van der Waals surface area (Å²) in [6.45, 7) is 0. The van der Waals surface area contributed by atoms with Crippen molar-refractivity contribution in [3.8, 4) is 67.7 Å². The van der Waals surface area contributed by atoms with E-state index in [0.29, 0.717) is 17.5 Å². The van der Waals surface area contributed by atoms with E-state index in [1.807, 2.05) is 54.6 Å². The van der Waals surface area contributed by atoms with E-state index in [-0.39, 0.29) is 0 Å². The molecule has 3 aromatic heterocycles. The second-order valence-electron chi connectivity index (χ2n) is 14.2. The Morgan fingerprint density at radius 1 is 0.316 bits per heavy atom. The Labute approximate surface area is 328 Å². The molecule has 0 fully saturated rings. The van der Waals surface area contributed by atoms with Gasteiger partial charge >= 0.3 is 0 Å². The van der Waals surface area contributed by atoms with Crippen molar-refractivity contribution < 1.29 is 4.42 Å². The highest BCUT2D eigenvalue weighted by atomic mass is 16.3.